The molecule has 0 amide bonds. The smallest absolute Gasteiger partial charge is 1.00 e. The minimum atomic E-state index is -4.73. The summed E-state index contributed by atoms with van der Waals surface area (Å²) in [5.74, 6) is -1.18. The number of aliphatic hydroxyl groups excluding tert-OH is 2. The molecule has 2 heterocycles. The average molecular weight is 378 g/mol. The van der Waals surface area contributed by atoms with Crippen LogP contribution in [0.1, 0.15) is 19.4 Å². The van der Waals surface area contributed by atoms with Gasteiger partial charge in [-0.25, -0.2) is 9.36 Å². The maximum atomic E-state index is 10.9. The molecule has 1 aliphatic rings. The van der Waals surface area contributed by atoms with Gasteiger partial charge in [-0.15, -0.1) is 0 Å². The van der Waals surface area contributed by atoms with Crippen LogP contribution in [0.5, 0.6) is 0 Å². The third kappa shape index (κ3) is 5.43. The van der Waals surface area contributed by atoms with E-state index in [4.69, 9.17) is 19.6 Å². The van der Waals surface area contributed by atoms with Crippen molar-refractivity contribution in [2.24, 2.45) is 0 Å². The fourth-order valence-electron chi connectivity index (χ4n) is 2.06. The van der Waals surface area contributed by atoms with Crippen molar-refractivity contribution < 1.29 is 51.1 Å². The summed E-state index contributed by atoms with van der Waals surface area (Å²) in [6.07, 6.45) is -2.51. The molecule has 0 unspecified atom stereocenters. The van der Waals surface area contributed by atoms with Crippen LogP contribution >= 0.6 is 7.82 Å². The predicted molar refractivity (Wildman–Crippen MR) is 75.5 cm³/mol. The molecule has 0 bridgehead atoms. The standard InChI is InChI=1S/C11H14NO9P.Ca.2H/c13-8-7(5-20-22(17,18)19)21-10(9(8)14)12-3-1-2-6(4-12)11(15)16;;;/h1-4,7-10,13-14H,5H2,(H2-,15,16,17,18,19);;;/q;+2;2*-1/p+1/t7-,8-,9-,10-;;;/m1.../s1. The summed E-state index contributed by atoms with van der Waals surface area (Å²) in [6, 6.07) is 2.76. The number of hydrogen-bond donors (Lipinski definition) is 5. The molecule has 0 spiro atoms. The summed E-state index contributed by atoms with van der Waals surface area (Å²) in [6.45, 7) is -0.627. The van der Waals surface area contributed by atoms with E-state index in [1.54, 1.807) is 0 Å². The molecule has 1 aliphatic heterocycles. The Balaban J connectivity index is 0. The van der Waals surface area contributed by atoms with Gasteiger partial charge in [0.2, 0.25) is 0 Å². The second-order valence-corrected chi connectivity index (χ2v) is 5.92. The van der Waals surface area contributed by atoms with Gasteiger partial charge in [-0.05, 0) is 6.07 Å². The van der Waals surface area contributed by atoms with Crippen molar-refractivity contribution in [1.29, 1.82) is 0 Å². The van der Waals surface area contributed by atoms with Crippen LogP contribution in [-0.2, 0) is 13.8 Å². The Morgan fingerprint density at radius 3 is 2.61 bits per heavy atom. The van der Waals surface area contributed by atoms with E-state index in [2.05, 4.69) is 4.52 Å². The molecule has 10 nitrogen and oxygen atoms in total. The van der Waals surface area contributed by atoms with E-state index in [0.29, 0.717) is 0 Å². The second-order valence-electron chi connectivity index (χ2n) is 4.68. The fraction of sp³-hybridized carbons (Fsp3) is 0.455. The molecule has 0 radical (unpaired) electrons. The molecule has 126 valence electrons. The van der Waals surface area contributed by atoms with E-state index < -0.39 is 44.9 Å². The van der Waals surface area contributed by atoms with Crippen molar-refractivity contribution in [3.8, 4) is 0 Å². The van der Waals surface area contributed by atoms with Gasteiger partial charge in [0.25, 0.3) is 6.23 Å². The minimum Gasteiger partial charge on any atom is -1.00 e. The zero-order valence-corrected chi connectivity index (χ0v) is 14.9. The Kier molecular flexibility index (Phi) is 7.55. The van der Waals surface area contributed by atoms with Crippen LogP contribution in [0.3, 0.4) is 0 Å². The maximum Gasteiger partial charge on any atom is 2.00 e. The van der Waals surface area contributed by atoms with E-state index in [9.17, 15) is 19.6 Å². The number of phosphoric acid groups is 1. The first-order valence-corrected chi connectivity index (χ1v) is 7.68. The number of rotatable bonds is 5. The molecule has 1 aromatic rings. The van der Waals surface area contributed by atoms with Crippen molar-refractivity contribution in [1.82, 2.24) is 0 Å². The molecule has 23 heavy (non-hydrogen) atoms. The number of aromatic carboxylic acids is 1. The van der Waals surface area contributed by atoms with Crippen molar-refractivity contribution in [2.75, 3.05) is 6.61 Å². The number of ether oxygens (including phenoxy) is 1. The Morgan fingerprint density at radius 1 is 1.39 bits per heavy atom. The van der Waals surface area contributed by atoms with Crippen LogP contribution in [0.15, 0.2) is 24.5 Å². The van der Waals surface area contributed by atoms with Gasteiger partial charge in [-0.2, -0.15) is 4.57 Å². The third-order valence-corrected chi connectivity index (χ3v) is 3.59. The van der Waals surface area contributed by atoms with Crippen LogP contribution in [0.2, 0.25) is 0 Å². The van der Waals surface area contributed by atoms with E-state index in [0.717, 1.165) is 0 Å². The van der Waals surface area contributed by atoms with Gasteiger partial charge < -0.3 is 32.7 Å². The summed E-state index contributed by atoms with van der Waals surface area (Å²) in [5.41, 5.74) is -0.0530. The number of nitrogens with zero attached hydrogens (tertiary/aromatic N) is 1. The quantitative estimate of drug-likeness (QED) is 0.227. The molecule has 2 rings (SSSR count). The molecule has 1 saturated heterocycles. The molecule has 12 heteroatoms. The van der Waals surface area contributed by atoms with Gasteiger partial charge in [0.15, 0.2) is 18.5 Å². The van der Waals surface area contributed by atoms with Crippen molar-refractivity contribution >= 4 is 51.5 Å². The van der Waals surface area contributed by atoms with Crippen molar-refractivity contribution in [2.45, 2.75) is 24.5 Å². The number of phosphoric ester groups is 1. The Labute approximate surface area is 163 Å². The fourth-order valence-corrected chi connectivity index (χ4v) is 2.40. The predicted octanol–water partition coefficient (Wildman–Crippen LogP) is -1.76. The Morgan fingerprint density at radius 2 is 2.04 bits per heavy atom. The second kappa shape index (κ2) is 8.30. The van der Waals surface area contributed by atoms with Crippen LogP contribution in [0.25, 0.3) is 0 Å². The van der Waals surface area contributed by atoms with Crippen LogP contribution in [0, 0.1) is 0 Å². The molecule has 5 N–H and O–H groups in total. The SMILES string of the molecule is O=C(O)c1ccc[n+]([C@@H]2O[C@H](COP(=O)(O)O)[C@@H](O)[C@H]2O)c1.[Ca+2].[H-].[H-]. The van der Waals surface area contributed by atoms with E-state index in [1.807, 2.05) is 0 Å². The molecular weight excluding hydrogens is 361 g/mol. The maximum absolute atomic E-state index is 10.9. The first kappa shape index (κ1) is 20.9. The normalized spacial score (nSPS) is 27.5. The topological polar surface area (TPSA) is 158 Å². The molecule has 1 aromatic heterocycles. The van der Waals surface area contributed by atoms with E-state index in [1.165, 1.54) is 29.1 Å². The van der Waals surface area contributed by atoms with E-state index in [-0.39, 0.29) is 46.2 Å². The summed E-state index contributed by atoms with van der Waals surface area (Å²) >= 11 is 0. The van der Waals surface area contributed by atoms with Crippen LogP contribution in [0.4, 0.5) is 0 Å². The Bertz CT molecular complexity index is 619. The first-order valence-electron chi connectivity index (χ1n) is 6.15. The summed E-state index contributed by atoms with van der Waals surface area (Å²) in [7, 11) is -4.73. The molecular formula is C11H17CaNO9P+. The van der Waals surface area contributed by atoms with E-state index >= 15 is 0 Å². The van der Waals surface area contributed by atoms with Gasteiger partial charge >= 0.3 is 51.5 Å². The van der Waals surface area contributed by atoms with Gasteiger partial charge in [0.05, 0.1) is 6.61 Å². The molecule has 0 saturated carbocycles. The van der Waals surface area contributed by atoms with Crippen molar-refractivity contribution in [3.05, 3.63) is 30.1 Å². The molecule has 1 fully saturated rings. The number of carbonyl (C=O) groups is 1. The van der Waals surface area contributed by atoms with Gasteiger partial charge in [-0.3, -0.25) is 4.52 Å². The van der Waals surface area contributed by atoms with Gasteiger partial charge in [0, 0.05) is 6.07 Å². The molecule has 4 atom stereocenters. The molecule has 0 aromatic carbocycles. The number of pyridine rings is 1. The number of carboxylic acid groups (broad SMARTS) is 1. The summed E-state index contributed by atoms with van der Waals surface area (Å²) in [5, 5.41) is 28.7. The molecule has 0 aliphatic carbocycles. The zero-order valence-electron chi connectivity index (χ0n) is 13.8. The summed E-state index contributed by atoms with van der Waals surface area (Å²) in [4.78, 5) is 28.2. The number of aromatic nitrogens is 1. The largest absolute Gasteiger partial charge is 2.00 e. The van der Waals surface area contributed by atoms with Gasteiger partial charge in [0.1, 0.15) is 17.8 Å². The zero-order chi connectivity index (χ0) is 16.5. The van der Waals surface area contributed by atoms with Crippen LogP contribution in [-0.4, -0.2) is 93.7 Å². The average Bonchev–Trinajstić information content (AvgIpc) is 2.72. The monoisotopic (exact) mass is 378 g/mol. The summed E-state index contributed by atoms with van der Waals surface area (Å²) < 4.78 is 21.4. The van der Waals surface area contributed by atoms with Crippen molar-refractivity contribution in [3.63, 3.8) is 0 Å². The van der Waals surface area contributed by atoms with Crippen LogP contribution < -0.4 is 4.57 Å². The van der Waals surface area contributed by atoms with Gasteiger partial charge in [-0.1, -0.05) is 0 Å². The number of carboxylic acids is 1. The minimum absolute atomic E-state index is 0. The number of aliphatic hydroxyl groups is 2. The first-order chi connectivity index (χ1) is 10.2. The number of hydrogen-bond acceptors (Lipinski definition) is 6. The third-order valence-electron chi connectivity index (χ3n) is 3.11. The Hall–Kier alpha value is -0.130.